The van der Waals surface area contributed by atoms with Crippen molar-refractivity contribution in [3.8, 4) is 0 Å². The minimum atomic E-state index is -0.450. The normalized spacial score (nSPS) is 9.91. The lowest BCUT2D eigenvalue weighted by atomic mass is 10.0. The zero-order valence-corrected chi connectivity index (χ0v) is 13.7. The SMILES string of the molecule is COC(=O)C(=C=C(C)CC(C)C)c1ccc(C(=O)OC)cc1. The van der Waals surface area contributed by atoms with Crippen LogP contribution in [0.2, 0.25) is 0 Å². The highest BCUT2D eigenvalue weighted by Crippen LogP contribution is 2.18. The number of hydrogen-bond donors (Lipinski definition) is 0. The van der Waals surface area contributed by atoms with E-state index in [9.17, 15) is 9.59 Å². The summed E-state index contributed by atoms with van der Waals surface area (Å²) >= 11 is 0. The van der Waals surface area contributed by atoms with Gasteiger partial charge in [-0.05, 0) is 42.5 Å². The Balaban J connectivity index is 3.27. The highest BCUT2D eigenvalue weighted by atomic mass is 16.5. The number of esters is 2. The van der Waals surface area contributed by atoms with Gasteiger partial charge in [0.05, 0.1) is 19.8 Å². The molecule has 0 spiro atoms. The van der Waals surface area contributed by atoms with Crippen LogP contribution >= 0.6 is 0 Å². The number of carbonyl (C=O) groups excluding carboxylic acids is 2. The Morgan fingerprint density at radius 3 is 2.05 bits per heavy atom. The Bertz CT molecular complexity index is 602. The molecular weight excluding hydrogens is 280 g/mol. The Labute approximate surface area is 131 Å². The second-order valence-corrected chi connectivity index (χ2v) is 5.44. The Kier molecular flexibility index (Phi) is 6.61. The molecule has 0 atom stereocenters. The van der Waals surface area contributed by atoms with E-state index in [1.807, 2.05) is 6.92 Å². The van der Waals surface area contributed by atoms with E-state index in [1.165, 1.54) is 14.2 Å². The Morgan fingerprint density at radius 1 is 1.05 bits per heavy atom. The van der Waals surface area contributed by atoms with Crippen molar-refractivity contribution >= 4 is 17.5 Å². The van der Waals surface area contributed by atoms with Crippen LogP contribution in [0.4, 0.5) is 0 Å². The van der Waals surface area contributed by atoms with Crippen molar-refractivity contribution in [2.24, 2.45) is 5.92 Å². The van der Waals surface area contributed by atoms with E-state index < -0.39 is 11.9 Å². The van der Waals surface area contributed by atoms with Gasteiger partial charge in [0.25, 0.3) is 0 Å². The second kappa shape index (κ2) is 8.20. The summed E-state index contributed by atoms with van der Waals surface area (Å²) in [6.07, 6.45) is 0.848. The van der Waals surface area contributed by atoms with Gasteiger partial charge in [-0.2, -0.15) is 0 Å². The van der Waals surface area contributed by atoms with E-state index in [2.05, 4.69) is 24.3 Å². The van der Waals surface area contributed by atoms with Crippen molar-refractivity contribution in [2.75, 3.05) is 14.2 Å². The summed E-state index contributed by atoms with van der Waals surface area (Å²) in [5.41, 5.74) is 5.54. The minimum Gasteiger partial charge on any atom is -0.465 e. The third-order valence-corrected chi connectivity index (χ3v) is 3.04. The first-order valence-corrected chi connectivity index (χ1v) is 7.12. The topological polar surface area (TPSA) is 52.6 Å². The Hall–Kier alpha value is -2.32. The van der Waals surface area contributed by atoms with Crippen molar-refractivity contribution < 1.29 is 19.1 Å². The molecule has 0 heterocycles. The van der Waals surface area contributed by atoms with Crippen LogP contribution in [0.1, 0.15) is 43.1 Å². The highest BCUT2D eigenvalue weighted by molar-refractivity contribution is 6.16. The lowest BCUT2D eigenvalue weighted by Gasteiger charge is -2.06. The lowest BCUT2D eigenvalue weighted by Crippen LogP contribution is -2.05. The number of methoxy groups -OCH3 is 2. The summed E-state index contributed by atoms with van der Waals surface area (Å²) in [5, 5.41) is 0. The molecule has 22 heavy (non-hydrogen) atoms. The van der Waals surface area contributed by atoms with Gasteiger partial charge in [0.15, 0.2) is 0 Å². The zero-order chi connectivity index (χ0) is 16.7. The third kappa shape index (κ3) is 4.90. The van der Waals surface area contributed by atoms with Crippen LogP contribution in [-0.2, 0) is 14.3 Å². The van der Waals surface area contributed by atoms with Gasteiger partial charge in [-0.3, -0.25) is 0 Å². The molecule has 0 N–H and O–H groups in total. The quantitative estimate of drug-likeness (QED) is 0.473. The van der Waals surface area contributed by atoms with Gasteiger partial charge in [0.1, 0.15) is 5.57 Å². The molecule has 0 unspecified atom stereocenters. The van der Waals surface area contributed by atoms with Crippen LogP contribution < -0.4 is 0 Å². The fourth-order valence-electron chi connectivity index (χ4n) is 2.11. The maximum Gasteiger partial charge on any atom is 0.346 e. The Morgan fingerprint density at radius 2 is 1.59 bits per heavy atom. The monoisotopic (exact) mass is 302 g/mol. The summed E-state index contributed by atoms with van der Waals surface area (Å²) < 4.78 is 9.48. The molecule has 0 aliphatic heterocycles. The van der Waals surface area contributed by atoms with Gasteiger partial charge in [-0.1, -0.05) is 26.0 Å². The van der Waals surface area contributed by atoms with Crippen LogP contribution in [0.15, 0.2) is 35.6 Å². The summed E-state index contributed by atoms with van der Waals surface area (Å²) in [4.78, 5) is 23.4. The summed E-state index contributed by atoms with van der Waals surface area (Å²) in [6.45, 7) is 6.15. The smallest absolute Gasteiger partial charge is 0.346 e. The van der Waals surface area contributed by atoms with Crippen LogP contribution in [0.3, 0.4) is 0 Å². The van der Waals surface area contributed by atoms with Crippen LogP contribution in [-0.4, -0.2) is 26.2 Å². The largest absolute Gasteiger partial charge is 0.465 e. The van der Waals surface area contributed by atoms with E-state index in [0.717, 1.165) is 12.0 Å². The van der Waals surface area contributed by atoms with E-state index in [0.29, 0.717) is 22.6 Å². The van der Waals surface area contributed by atoms with Gasteiger partial charge in [-0.25, -0.2) is 9.59 Å². The standard InChI is InChI=1S/C18H22O4/c1-12(2)10-13(3)11-16(18(20)22-5)14-6-8-15(9-7-14)17(19)21-4/h6-9,12H,10H2,1-5H3. The van der Waals surface area contributed by atoms with Crippen molar-refractivity contribution in [1.82, 2.24) is 0 Å². The molecular formula is C18H22O4. The molecule has 0 saturated carbocycles. The number of carbonyl (C=O) groups is 2. The first-order valence-electron chi connectivity index (χ1n) is 7.12. The maximum atomic E-state index is 12.0. The van der Waals surface area contributed by atoms with Crippen LogP contribution in [0.25, 0.3) is 5.57 Å². The second-order valence-electron chi connectivity index (χ2n) is 5.44. The zero-order valence-electron chi connectivity index (χ0n) is 13.7. The predicted molar refractivity (Wildman–Crippen MR) is 85.4 cm³/mol. The number of hydrogen-bond acceptors (Lipinski definition) is 4. The number of benzene rings is 1. The number of ether oxygens (including phenoxy) is 2. The van der Waals surface area contributed by atoms with Gasteiger partial charge in [0, 0.05) is 0 Å². The van der Waals surface area contributed by atoms with Gasteiger partial charge in [-0.15, -0.1) is 5.73 Å². The molecule has 0 radical (unpaired) electrons. The first kappa shape index (κ1) is 17.7. The molecule has 1 aromatic carbocycles. The average Bonchev–Trinajstić information content (AvgIpc) is 2.50. The highest BCUT2D eigenvalue weighted by Gasteiger charge is 2.13. The fraction of sp³-hybridized carbons (Fsp3) is 0.389. The molecule has 0 aromatic heterocycles. The lowest BCUT2D eigenvalue weighted by molar-refractivity contribution is -0.133. The summed E-state index contributed by atoms with van der Waals surface area (Å²) in [5.74, 6) is -0.385. The fourth-order valence-corrected chi connectivity index (χ4v) is 2.11. The van der Waals surface area contributed by atoms with Crippen LogP contribution in [0.5, 0.6) is 0 Å². The van der Waals surface area contributed by atoms with E-state index >= 15 is 0 Å². The molecule has 0 aliphatic rings. The van der Waals surface area contributed by atoms with Crippen molar-refractivity contribution in [3.05, 3.63) is 46.7 Å². The molecule has 0 aliphatic carbocycles. The molecule has 4 nitrogen and oxygen atoms in total. The van der Waals surface area contributed by atoms with Crippen LogP contribution in [0, 0.1) is 5.92 Å². The molecule has 0 fully saturated rings. The summed E-state index contributed by atoms with van der Waals surface area (Å²) in [7, 11) is 2.67. The van der Waals surface area contributed by atoms with E-state index in [1.54, 1.807) is 24.3 Å². The third-order valence-electron chi connectivity index (χ3n) is 3.04. The minimum absolute atomic E-state index is 0.358. The molecule has 0 amide bonds. The molecule has 1 aromatic rings. The molecule has 4 heteroatoms. The average molecular weight is 302 g/mol. The molecule has 1 rings (SSSR count). The molecule has 0 bridgehead atoms. The van der Waals surface area contributed by atoms with E-state index in [4.69, 9.17) is 4.74 Å². The van der Waals surface area contributed by atoms with Gasteiger partial charge >= 0.3 is 11.9 Å². The predicted octanol–water partition coefficient (Wildman–Crippen LogP) is 3.62. The summed E-state index contributed by atoms with van der Waals surface area (Å²) in [6, 6.07) is 6.61. The van der Waals surface area contributed by atoms with Gasteiger partial charge in [0.2, 0.25) is 0 Å². The van der Waals surface area contributed by atoms with Crippen molar-refractivity contribution in [2.45, 2.75) is 27.2 Å². The molecule has 118 valence electrons. The maximum absolute atomic E-state index is 12.0. The number of rotatable bonds is 5. The van der Waals surface area contributed by atoms with E-state index in [-0.39, 0.29) is 0 Å². The van der Waals surface area contributed by atoms with Gasteiger partial charge < -0.3 is 9.47 Å². The first-order chi connectivity index (χ1) is 10.4. The molecule has 0 saturated heterocycles. The van der Waals surface area contributed by atoms with Crippen molar-refractivity contribution in [3.63, 3.8) is 0 Å². The van der Waals surface area contributed by atoms with Crippen molar-refractivity contribution in [1.29, 1.82) is 0 Å².